The summed E-state index contributed by atoms with van der Waals surface area (Å²) < 4.78 is 5.09. The van der Waals surface area contributed by atoms with Gasteiger partial charge in [0.05, 0.1) is 12.2 Å². The zero-order valence-electron chi connectivity index (χ0n) is 11.0. The quantitative estimate of drug-likeness (QED) is 0.765. The van der Waals surface area contributed by atoms with Gasteiger partial charge in [0.15, 0.2) is 0 Å². The molecule has 0 saturated carbocycles. The van der Waals surface area contributed by atoms with E-state index in [1.807, 2.05) is 32.0 Å². The lowest BCUT2D eigenvalue weighted by Crippen LogP contribution is -2.32. The molecule has 17 heavy (non-hydrogen) atoms. The third-order valence-electron chi connectivity index (χ3n) is 3.01. The second-order valence-electron chi connectivity index (χ2n) is 4.60. The van der Waals surface area contributed by atoms with Gasteiger partial charge in [-0.3, -0.25) is 0 Å². The second-order valence-corrected chi connectivity index (χ2v) is 4.60. The van der Waals surface area contributed by atoms with Crippen LogP contribution in [-0.4, -0.2) is 31.0 Å². The third kappa shape index (κ3) is 4.75. The fourth-order valence-corrected chi connectivity index (χ4v) is 1.53. The average Bonchev–Trinajstić information content (AvgIpc) is 2.35. The predicted octanol–water partition coefficient (Wildman–Crippen LogP) is 2.45. The highest BCUT2D eigenvalue weighted by Crippen LogP contribution is 2.17. The van der Waals surface area contributed by atoms with Crippen LogP contribution in [0.3, 0.4) is 0 Å². The minimum Gasteiger partial charge on any atom is -0.388 e. The van der Waals surface area contributed by atoms with Crippen LogP contribution >= 0.6 is 0 Å². The number of benzene rings is 1. The van der Waals surface area contributed by atoms with Crippen molar-refractivity contribution in [3.63, 3.8) is 0 Å². The molecule has 0 aliphatic rings. The minimum absolute atomic E-state index is 0.563. The largest absolute Gasteiger partial charge is 0.388 e. The van der Waals surface area contributed by atoms with Gasteiger partial charge < -0.3 is 15.2 Å². The lowest BCUT2D eigenvalue weighted by Gasteiger charge is -2.23. The van der Waals surface area contributed by atoms with E-state index in [1.165, 1.54) is 5.56 Å². The number of ether oxygens (including phenoxy) is 1. The van der Waals surface area contributed by atoms with Crippen molar-refractivity contribution in [3.05, 3.63) is 29.8 Å². The van der Waals surface area contributed by atoms with Crippen molar-refractivity contribution in [2.24, 2.45) is 0 Å². The summed E-state index contributed by atoms with van der Waals surface area (Å²) in [4.78, 5) is 0. The Bertz CT molecular complexity index is 337. The Morgan fingerprint density at radius 1 is 1.35 bits per heavy atom. The number of hydrogen-bond acceptors (Lipinski definition) is 3. The molecule has 2 N–H and O–H groups in total. The van der Waals surface area contributed by atoms with Crippen molar-refractivity contribution in [3.8, 4) is 0 Å². The molecule has 1 aromatic carbocycles. The van der Waals surface area contributed by atoms with Crippen molar-refractivity contribution in [2.45, 2.75) is 32.3 Å². The van der Waals surface area contributed by atoms with Gasteiger partial charge in [0, 0.05) is 19.3 Å². The molecular formula is C14H23NO2. The van der Waals surface area contributed by atoms with Gasteiger partial charge >= 0.3 is 0 Å². The second kappa shape index (κ2) is 6.62. The maximum Gasteiger partial charge on any atom is 0.0788 e. The minimum atomic E-state index is -0.658. The van der Waals surface area contributed by atoms with Crippen LogP contribution in [0.15, 0.2) is 24.3 Å². The molecule has 3 heteroatoms. The van der Waals surface area contributed by atoms with E-state index in [0.29, 0.717) is 13.2 Å². The van der Waals surface area contributed by atoms with Crippen molar-refractivity contribution in [1.82, 2.24) is 0 Å². The topological polar surface area (TPSA) is 41.5 Å². The number of anilines is 1. The lowest BCUT2D eigenvalue weighted by atomic mass is 10.0. The lowest BCUT2D eigenvalue weighted by molar-refractivity contribution is 0.0697. The maximum atomic E-state index is 9.96. The van der Waals surface area contributed by atoms with Crippen molar-refractivity contribution >= 4 is 5.69 Å². The summed E-state index contributed by atoms with van der Waals surface area (Å²) in [6.07, 6.45) is 1.62. The number of aliphatic hydroxyl groups is 1. The van der Waals surface area contributed by atoms with Crippen molar-refractivity contribution in [1.29, 1.82) is 0 Å². The zero-order chi connectivity index (χ0) is 12.7. The molecular weight excluding hydrogens is 214 g/mol. The molecule has 0 radical (unpaired) electrons. The number of hydrogen-bond donors (Lipinski definition) is 2. The van der Waals surface area contributed by atoms with E-state index in [9.17, 15) is 5.11 Å². The molecule has 1 atom stereocenters. The Morgan fingerprint density at radius 3 is 2.71 bits per heavy atom. The van der Waals surface area contributed by atoms with Gasteiger partial charge in [-0.15, -0.1) is 0 Å². The number of nitrogens with one attached hydrogen (secondary N) is 1. The molecule has 0 aliphatic heterocycles. The predicted molar refractivity (Wildman–Crippen MR) is 71.4 cm³/mol. The molecule has 0 fully saturated rings. The first-order valence-electron chi connectivity index (χ1n) is 6.12. The maximum absolute atomic E-state index is 9.96. The summed E-state index contributed by atoms with van der Waals surface area (Å²) >= 11 is 0. The van der Waals surface area contributed by atoms with E-state index in [4.69, 9.17) is 4.74 Å². The molecule has 0 spiro atoms. The van der Waals surface area contributed by atoms with Crippen LogP contribution < -0.4 is 5.32 Å². The number of rotatable bonds is 7. The molecule has 0 aliphatic carbocycles. The molecule has 0 bridgehead atoms. The fraction of sp³-hybridized carbons (Fsp3) is 0.571. The summed E-state index contributed by atoms with van der Waals surface area (Å²) in [5.41, 5.74) is 1.65. The van der Waals surface area contributed by atoms with Gasteiger partial charge in [-0.2, -0.15) is 0 Å². The van der Waals surface area contributed by atoms with Crippen LogP contribution in [0.1, 0.15) is 25.8 Å². The van der Waals surface area contributed by atoms with Gasteiger partial charge in [0.2, 0.25) is 0 Å². The van der Waals surface area contributed by atoms with E-state index in [1.54, 1.807) is 7.11 Å². The zero-order valence-corrected chi connectivity index (χ0v) is 11.0. The van der Waals surface area contributed by atoms with Gasteiger partial charge in [0.25, 0.3) is 0 Å². The van der Waals surface area contributed by atoms with Gasteiger partial charge in [-0.25, -0.2) is 0 Å². The number of methoxy groups -OCH3 is 1. The standard InChI is InChI=1S/C14H23NO2/c1-4-14(2,16)11-15-13-8-6-5-7-12(13)9-10-17-3/h5-8,15-16H,4,9-11H2,1-3H3. The Kier molecular flexibility index (Phi) is 5.45. The van der Waals surface area contributed by atoms with E-state index in [-0.39, 0.29) is 0 Å². The smallest absolute Gasteiger partial charge is 0.0788 e. The Balaban J connectivity index is 2.63. The molecule has 0 saturated heterocycles. The molecule has 0 amide bonds. The third-order valence-corrected chi connectivity index (χ3v) is 3.01. The molecule has 1 rings (SSSR count). The monoisotopic (exact) mass is 237 g/mol. The van der Waals surface area contributed by atoms with E-state index in [0.717, 1.165) is 18.5 Å². The molecule has 1 aromatic rings. The molecule has 3 nitrogen and oxygen atoms in total. The van der Waals surface area contributed by atoms with Crippen LogP contribution in [0.25, 0.3) is 0 Å². The summed E-state index contributed by atoms with van der Waals surface area (Å²) in [5, 5.41) is 13.3. The molecule has 0 heterocycles. The van der Waals surface area contributed by atoms with E-state index >= 15 is 0 Å². The van der Waals surface area contributed by atoms with Crippen molar-refractivity contribution < 1.29 is 9.84 Å². The van der Waals surface area contributed by atoms with Crippen molar-refractivity contribution in [2.75, 3.05) is 25.6 Å². The van der Waals surface area contributed by atoms with E-state index < -0.39 is 5.60 Å². The van der Waals surface area contributed by atoms with E-state index in [2.05, 4.69) is 11.4 Å². The van der Waals surface area contributed by atoms with Crippen LogP contribution in [0.5, 0.6) is 0 Å². The van der Waals surface area contributed by atoms with Crippen LogP contribution in [0, 0.1) is 0 Å². The SMILES string of the molecule is CCC(C)(O)CNc1ccccc1CCOC. The summed E-state index contributed by atoms with van der Waals surface area (Å²) in [6, 6.07) is 8.15. The Morgan fingerprint density at radius 2 is 2.06 bits per heavy atom. The normalized spacial score (nSPS) is 14.4. The summed E-state index contributed by atoms with van der Waals surface area (Å²) in [6.45, 7) is 5.10. The highest BCUT2D eigenvalue weighted by molar-refractivity contribution is 5.51. The van der Waals surface area contributed by atoms with Crippen LogP contribution in [-0.2, 0) is 11.2 Å². The highest BCUT2D eigenvalue weighted by Gasteiger charge is 2.17. The molecule has 96 valence electrons. The number of para-hydroxylation sites is 1. The first kappa shape index (κ1) is 14.0. The summed E-state index contributed by atoms with van der Waals surface area (Å²) in [5.74, 6) is 0. The Labute approximate surface area is 104 Å². The van der Waals surface area contributed by atoms with Gasteiger partial charge in [-0.1, -0.05) is 25.1 Å². The first-order chi connectivity index (χ1) is 8.09. The first-order valence-corrected chi connectivity index (χ1v) is 6.12. The summed E-state index contributed by atoms with van der Waals surface area (Å²) in [7, 11) is 1.71. The fourth-order valence-electron chi connectivity index (χ4n) is 1.53. The highest BCUT2D eigenvalue weighted by atomic mass is 16.5. The van der Waals surface area contributed by atoms with Gasteiger partial charge in [0.1, 0.15) is 0 Å². The molecule has 0 aromatic heterocycles. The molecule has 1 unspecified atom stereocenters. The van der Waals surface area contributed by atoms with Gasteiger partial charge in [-0.05, 0) is 31.4 Å². The van der Waals surface area contributed by atoms with Crippen LogP contribution in [0.2, 0.25) is 0 Å². The van der Waals surface area contributed by atoms with Crippen LogP contribution in [0.4, 0.5) is 5.69 Å². The average molecular weight is 237 g/mol. The Hall–Kier alpha value is -1.06.